The van der Waals surface area contributed by atoms with Gasteiger partial charge in [-0.05, 0) is 39.3 Å². The highest BCUT2D eigenvalue weighted by Crippen LogP contribution is 2.36. The molecule has 0 spiro atoms. The first-order chi connectivity index (χ1) is 12.2. The van der Waals surface area contributed by atoms with Crippen LogP contribution in [0.4, 0.5) is 5.69 Å². The summed E-state index contributed by atoms with van der Waals surface area (Å²) in [4.78, 5) is 16.4. The van der Waals surface area contributed by atoms with Gasteiger partial charge >= 0.3 is 13.1 Å². The van der Waals surface area contributed by atoms with Crippen molar-refractivity contribution in [2.45, 2.75) is 45.5 Å². The van der Waals surface area contributed by atoms with Gasteiger partial charge in [0.25, 0.3) is 0 Å². The SMILES string of the molecule is CC1(C)OB(c2cnc(C(=O)OCc3ccccc3)c(N)c2)OC1(C)C. The summed E-state index contributed by atoms with van der Waals surface area (Å²) in [6.45, 7) is 8.05. The zero-order valence-electron chi connectivity index (χ0n) is 15.5. The lowest BCUT2D eigenvalue weighted by molar-refractivity contribution is 0.00578. The molecule has 3 rings (SSSR count). The summed E-state index contributed by atoms with van der Waals surface area (Å²) in [5.41, 5.74) is 6.98. The lowest BCUT2D eigenvalue weighted by atomic mass is 9.80. The van der Waals surface area contributed by atoms with Crippen LogP contribution in [0.3, 0.4) is 0 Å². The molecule has 0 atom stereocenters. The van der Waals surface area contributed by atoms with Gasteiger partial charge in [0.1, 0.15) is 6.61 Å². The van der Waals surface area contributed by atoms with Gasteiger partial charge in [0, 0.05) is 11.7 Å². The molecule has 0 amide bonds. The first kappa shape index (κ1) is 18.4. The number of benzene rings is 1. The van der Waals surface area contributed by atoms with Gasteiger partial charge in [0.2, 0.25) is 0 Å². The van der Waals surface area contributed by atoms with Gasteiger partial charge in [-0.15, -0.1) is 0 Å². The van der Waals surface area contributed by atoms with Crippen molar-refractivity contribution in [3.05, 3.63) is 53.9 Å². The van der Waals surface area contributed by atoms with Crippen LogP contribution in [0.25, 0.3) is 0 Å². The molecule has 0 bridgehead atoms. The molecular formula is C19H23BN2O4. The van der Waals surface area contributed by atoms with Crippen LogP contribution in [-0.2, 0) is 20.7 Å². The number of ether oxygens (including phenoxy) is 1. The average Bonchev–Trinajstić information content (AvgIpc) is 2.81. The van der Waals surface area contributed by atoms with Crippen LogP contribution in [0.5, 0.6) is 0 Å². The standard InChI is InChI=1S/C19H23BN2O4/c1-18(2)19(3,4)26-20(25-18)14-10-15(21)16(22-11-14)17(23)24-12-13-8-6-5-7-9-13/h5-11H,12,21H2,1-4H3. The maximum atomic E-state index is 12.3. The van der Waals surface area contributed by atoms with Crippen LogP contribution < -0.4 is 11.2 Å². The lowest BCUT2D eigenvalue weighted by Gasteiger charge is -2.32. The van der Waals surface area contributed by atoms with Crippen LogP contribution in [0.15, 0.2) is 42.6 Å². The fraction of sp³-hybridized carbons (Fsp3) is 0.368. The van der Waals surface area contributed by atoms with Crippen LogP contribution >= 0.6 is 0 Å². The number of nitrogens with two attached hydrogens (primary N) is 1. The molecule has 1 fully saturated rings. The number of nitrogen functional groups attached to an aromatic ring is 1. The smallest absolute Gasteiger partial charge is 0.456 e. The summed E-state index contributed by atoms with van der Waals surface area (Å²) in [6.07, 6.45) is 1.54. The van der Waals surface area contributed by atoms with E-state index in [1.165, 1.54) is 6.20 Å². The monoisotopic (exact) mass is 354 g/mol. The average molecular weight is 354 g/mol. The Labute approximate surface area is 153 Å². The maximum Gasteiger partial charge on any atom is 0.496 e. The Morgan fingerprint density at radius 3 is 2.35 bits per heavy atom. The van der Waals surface area contributed by atoms with Gasteiger partial charge < -0.3 is 19.8 Å². The molecule has 1 aliphatic rings. The molecule has 1 saturated heterocycles. The second-order valence-electron chi connectivity index (χ2n) is 7.36. The predicted octanol–water partition coefficient (Wildman–Crippen LogP) is 2.32. The molecule has 26 heavy (non-hydrogen) atoms. The van der Waals surface area contributed by atoms with Crippen LogP contribution in [0, 0.1) is 0 Å². The molecule has 0 radical (unpaired) electrons. The highest BCUT2D eigenvalue weighted by Gasteiger charge is 2.51. The molecule has 2 heterocycles. The highest BCUT2D eigenvalue weighted by molar-refractivity contribution is 6.62. The number of hydrogen-bond acceptors (Lipinski definition) is 6. The van der Waals surface area contributed by atoms with Crippen molar-refractivity contribution in [1.82, 2.24) is 4.98 Å². The van der Waals surface area contributed by atoms with Gasteiger partial charge in [-0.1, -0.05) is 30.3 Å². The molecule has 6 nitrogen and oxygen atoms in total. The summed E-state index contributed by atoms with van der Waals surface area (Å²) in [7, 11) is -0.579. The number of esters is 1. The van der Waals surface area contributed by atoms with Crippen LogP contribution in [0.1, 0.15) is 43.7 Å². The minimum atomic E-state index is -0.579. The summed E-state index contributed by atoms with van der Waals surface area (Å²) in [6, 6.07) is 11.1. The number of carbonyl (C=O) groups is 1. The molecule has 0 saturated carbocycles. The number of carbonyl (C=O) groups excluding carboxylic acids is 1. The van der Waals surface area contributed by atoms with Gasteiger partial charge in [-0.25, -0.2) is 9.78 Å². The van der Waals surface area contributed by atoms with Crippen molar-refractivity contribution in [3.8, 4) is 0 Å². The van der Waals surface area contributed by atoms with Crippen molar-refractivity contribution >= 4 is 24.2 Å². The summed E-state index contributed by atoms with van der Waals surface area (Å²) < 4.78 is 17.2. The third-order valence-electron chi connectivity index (χ3n) is 4.87. The molecule has 0 unspecified atom stereocenters. The number of pyridine rings is 1. The maximum absolute atomic E-state index is 12.3. The fourth-order valence-electron chi connectivity index (χ4n) is 2.57. The van der Waals surface area contributed by atoms with E-state index >= 15 is 0 Å². The Morgan fingerprint density at radius 1 is 1.15 bits per heavy atom. The van der Waals surface area contributed by atoms with E-state index in [4.69, 9.17) is 19.8 Å². The van der Waals surface area contributed by atoms with Gasteiger partial charge in [0.15, 0.2) is 5.69 Å². The van der Waals surface area contributed by atoms with E-state index in [9.17, 15) is 4.79 Å². The van der Waals surface area contributed by atoms with Crippen molar-refractivity contribution in [3.63, 3.8) is 0 Å². The molecule has 2 aromatic rings. The van der Waals surface area contributed by atoms with Crippen molar-refractivity contribution in [1.29, 1.82) is 0 Å². The van der Waals surface area contributed by atoms with E-state index in [1.807, 2.05) is 58.0 Å². The Bertz CT molecular complexity index is 792. The second-order valence-corrected chi connectivity index (χ2v) is 7.36. The summed E-state index contributed by atoms with van der Waals surface area (Å²) in [5.74, 6) is -0.563. The number of rotatable bonds is 4. The Balaban J connectivity index is 1.71. The molecule has 2 N–H and O–H groups in total. The van der Waals surface area contributed by atoms with E-state index in [-0.39, 0.29) is 18.0 Å². The Morgan fingerprint density at radius 2 is 1.77 bits per heavy atom. The highest BCUT2D eigenvalue weighted by atomic mass is 16.7. The third kappa shape index (κ3) is 3.59. The zero-order chi connectivity index (χ0) is 18.9. The quantitative estimate of drug-likeness (QED) is 0.670. The molecule has 0 aliphatic carbocycles. The Hall–Kier alpha value is -2.38. The number of anilines is 1. The van der Waals surface area contributed by atoms with Crippen molar-refractivity contribution in [2.75, 3.05) is 5.73 Å². The number of nitrogens with zero attached hydrogens (tertiary/aromatic N) is 1. The topological polar surface area (TPSA) is 83.7 Å². The van der Waals surface area contributed by atoms with E-state index in [0.29, 0.717) is 5.46 Å². The van der Waals surface area contributed by atoms with E-state index in [2.05, 4.69) is 4.98 Å². The number of hydrogen-bond donors (Lipinski definition) is 1. The molecule has 1 aliphatic heterocycles. The molecular weight excluding hydrogens is 331 g/mol. The minimum absolute atomic E-state index is 0.0844. The normalized spacial score (nSPS) is 17.9. The van der Waals surface area contributed by atoms with Crippen LogP contribution in [0.2, 0.25) is 0 Å². The van der Waals surface area contributed by atoms with E-state index in [0.717, 1.165) is 5.56 Å². The molecule has 1 aromatic carbocycles. The summed E-state index contributed by atoms with van der Waals surface area (Å²) >= 11 is 0. The fourth-order valence-corrected chi connectivity index (χ4v) is 2.57. The summed E-state index contributed by atoms with van der Waals surface area (Å²) in [5, 5.41) is 0. The van der Waals surface area contributed by atoms with Gasteiger partial charge in [0.05, 0.1) is 16.9 Å². The number of aromatic nitrogens is 1. The lowest BCUT2D eigenvalue weighted by Crippen LogP contribution is -2.41. The predicted molar refractivity (Wildman–Crippen MR) is 99.9 cm³/mol. The largest absolute Gasteiger partial charge is 0.496 e. The zero-order valence-corrected chi connectivity index (χ0v) is 15.5. The minimum Gasteiger partial charge on any atom is -0.456 e. The first-order valence-electron chi connectivity index (χ1n) is 8.52. The van der Waals surface area contributed by atoms with Gasteiger partial charge in [-0.3, -0.25) is 0 Å². The second kappa shape index (κ2) is 6.74. The molecule has 136 valence electrons. The van der Waals surface area contributed by atoms with Crippen molar-refractivity contribution in [2.24, 2.45) is 0 Å². The third-order valence-corrected chi connectivity index (χ3v) is 4.87. The molecule has 7 heteroatoms. The molecule has 1 aromatic heterocycles. The van der Waals surface area contributed by atoms with Crippen LogP contribution in [-0.4, -0.2) is 29.3 Å². The first-order valence-corrected chi connectivity index (χ1v) is 8.52. The van der Waals surface area contributed by atoms with E-state index in [1.54, 1.807) is 6.07 Å². The van der Waals surface area contributed by atoms with E-state index < -0.39 is 24.3 Å². The van der Waals surface area contributed by atoms with Crippen molar-refractivity contribution < 1.29 is 18.8 Å². The van der Waals surface area contributed by atoms with Gasteiger partial charge in [-0.2, -0.15) is 0 Å². The Kier molecular flexibility index (Phi) is 4.77.